The van der Waals surface area contributed by atoms with Gasteiger partial charge >= 0.3 is 0 Å². The van der Waals surface area contributed by atoms with Crippen LogP contribution in [0.3, 0.4) is 0 Å². The Kier molecular flexibility index (Phi) is 7.46. The van der Waals surface area contributed by atoms with Crippen LogP contribution >= 0.6 is 11.6 Å². The van der Waals surface area contributed by atoms with E-state index in [1.165, 1.54) is 0 Å². The van der Waals surface area contributed by atoms with Crippen molar-refractivity contribution in [1.82, 2.24) is 34.7 Å². The molecule has 8 nitrogen and oxygen atoms in total. The summed E-state index contributed by atoms with van der Waals surface area (Å²) in [5, 5.41) is 4.07. The zero-order chi connectivity index (χ0) is 24.9. The number of halogens is 1. The van der Waals surface area contributed by atoms with E-state index < -0.39 is 0 Å². The topological polar surface area (TPSA) is 83.0 Å². The van der Waals surface area contributed by atoms with Crippen molar-refractivity contribution in [2.75, 3.05) is 38.5 Å². The summed E-state index contributed by atoms with van der Waals surface area (Å²) in [4.78, 5) is 27.5. The van der Waals surface area contributed by atoms with Crippen molar-refractivity contribution in [3.63, 3.8) is 0 Å². The first-order valence-electron chi connectivity index (χ1n) is 12.1. The van der Waals surface area contributed by atoms with E-state index in [1.54, 1.807) is 12.4 Å². The minimum atomic E-state index is 0.562. The molecule has 0 saturated carbocycles. The van der Waals surface area contributed by atoms with Gasteiger partial charge in [0.05, 0.1) is 0 Å². The molecular formula is C27H29ClN8. The molecule has 3 aromatic heterocycles. The second-order valence-electron chi connectivity index (χ2n) is 9.09. The van der Waals surface area contributed by atoms with E-state index in [2.05, 4.69) is 48.2 Å². The normalized spacial score (nSPS) is 14.6. The first-order chi connectivity index (χ1) is 17.5. The fourth-order valence-electron chi connectivity index (χ4n) is 4.19. The number of piperazine rings is 1. The lowest BCUT2D eigenvalue weighted by molar-refractivity contribution is 0.148. The van der Waals surface area contributed by atoms with E-state index in [4.69, 9.17) is 16.6 Å². The van der Waals surface area contributed by atoms with Crippen LogP contribution in [0.5, 0.6) is 0 Å². The Morgan fingerprint density at radius 2 is 1.67 bits per heavy atom. The number of likely N-dealkylation sites (N-methyl/N-ethyl adjacent to an activating group) is 1. The molecule has 1 aliphatic heterocycles. The molecule has 0 unspecified atom stereocenters. The van der Waals surface area contributed by atoms with E-state index in [0.29, 0.717) is 23.9 Å². The van der Waals surface area contributed by atoms with E-state index in [0.717, 1.165) is 66.1 Å². The van der Waals surface area contributed by atoms with Crippen molar-refractivity contribution >= 4 is 23.2 Å². The molecule has 5 rings (SSSR count). The van der Waals surface area contributed by atoms with Crippen molar-refractivity contribution in [2.45, 2.75) is 19.9 Å². The smallest absolute Gasteiger partial charge is 0.180 e. The molecule has 1 N–H and O–H groups in total. The highest BCUT2D eigenvalue weighted by molar-refractivity contribution is 6.31. The van der Waals surface area contributed by atoms with Gasteiger partial charge in [0.1, 0.15) is 23.2 Å². The summed E-state index contributed by atoms with van der Waals surface area (Å²) < 4.78 is 0. The van der Waals surface area contributed by atoms with Crippen molar-refractivity contribution in [3.8, 4) is 11.5 Å². The van der Waals surface area contributed by atoms with Crippen molar-refractivity contribution in [1.29, 1.82) is 0 Å². The number of rotatable bonds is 7. The lowest BCUT2D eigenvalue weighted by Gasteiger charge is -2.32. The zero-order valence-electron chi connectivity index (χ0n) is 20.5. The van der Waals surface area contributed by atoms with Gasteiger partial charge in [0.25, 0.3) is 0 Å². The fourth-order valence-corrected chi connectivity index (χ4v) is 4.37. The van der Waals surface area contributed by atoms with Crippen LogP contribution in [0, 0.1) is 6.92 Å². The van der Waals surface area contributed by atoms with Gasteiger partial charge in [0, 0.05) is 62.3 Å². The van der Waals surface area contributed by atoms with Crippen LogP contribution in [0.4, 0.5) is 11.6 Å². The first-order valence-corrected chi connectivity index (χ1v) is 12.4. The number of aryl methyl sites for hydroxylation is 1. The van der Waals surface area contributed by atoms with Crippen LogP contribution < -0.4 is 5.32 Å². The zero-order valence-corrected chi connectivity index (χ0v) is 21.3. The van der Waals surface area contributed by atoms with E-state index in [-0.39, 0.29) is 0 Å². The molecule has 9 heteroatoms. The largest absolute Gasteiger partial charge is 0.325 e. The second kappa shape index (κ2) is 11.1. The van der Waals surface area contributed by atoms with Gasteiger partial charge in [0.15, 0.2) is 5.82 Å². The highest BCUT2D eigenvalue weighted by Gasteiger charge is 2.16. The number of hydrogen-bond acceptors (Lipinski definition) is 8. The van der Waals surface area contributed by atoms with Gasteiger partial charge in [-0.3, -0.25) is 4.90 Å². The molecule has 0 bridgehead atoms. The van der Waals surface area contributed by atoms with Crippen molar-refractivity contribution in [2.24, 2.45) is 0 Å². The summed E-state index contributed by atoms with van der Waals surface area (Å²) in [6.45, 7) is 7.08. The van der Waals surface area contributed by atoms with Crippen molar-refractivity contribution in [3.05, 3.63) is 88.6 Å². The molecule has 1 aliphatic rings. The maximum Gasteiger partial charge on any atom is 0.180 e. The molecule has 0 aliphatic carbocycles. The van der Waals surface area contributed by atoms with Gasteiger partial charge in [0.2, 0.25) is 0 Å². The molecule has 36 heavy (non-hydrogen) atoms. The Balaban J connectivity index is 1.28. The predicted octanol–water partition coefficient (Wildman–Crippen LogP) is 4.37. The average molecular weight is 501 g/mol. The Bertz CT molecular complexity index is 1340. The maximum absolute atomic E-state index is 6.53. The third-order valence-corrected chi connectivity index (χ3v) is 6.57. The van der Waals surface area contributed by atoms with Gasteiger partial charge < -0.3 is 10.2 Å². The van der Waals surface area contributed by atoms with E-state index >= 15 is 0 Å². The third kappa shape index (κ3) is 6.20. The highest BCUT2D eigenvalue weighted by Crippen LogP contribution is 2.22. The number of benzene rings is 1. The molecular weight excluding hydrogens is 472 g/mol. The van der Waals surface area contributed by atoms with Gasteiger partial charge in [-0.05, 0) is 55.4 Å². The SMILES string of the molecule is Cc1cccc(-c2nccc(Nc3ccnc(Cc4ccc(Cl)c(CN5CCN(C)CC5)c4)n3)n2)n1. The summed E-state index contributed by atoms with van der Waals surface area (Å²) in [5.41, 5.74) is 3.93. The van der Waals surface area contributed by atoms with Crippen LogP contribution in [0.2, 0.25) is 5.02 Å². The molecule has 1 saturated heterocycles. The summed E-state index contributed by atoms with van der Waals surface area (Å²) in [6.07, 6.45) is 4.09. The molecule has 0 atom stereocenters. The molecule has 0 spiro atoms. The van der Waals surface area contributed by atoms with Crippen LogP contribution in [-0.4, -0.2) is 67.9 Å². The van der Waals surface area contributed by atoms with Crippen molar-refractivity contribution < 1.29 is 0 Å². The van der Waals surface area contributed by atoms with Crippen LogP contribution in [0.15, 0.2) is 60.9 Å². The van der Waals surface area contributed by atoms with E-state index in [9.17, 15) is 0 Å². The quantitative estimate of drug-likeness (QED) is 0.400. The number of nitrogens with one attached hydrogen (secondary N) is 1. The summed E-state index contributed by atoms with van der Waals surface area (Å²) >= 11 is 6.53. The second-order valence-corrected chi connectivity index (χ2v) is 9.50. The number of hydrogen-bond donors (Lipinski definition) is 1. The number of pyridine rings is 1. The minimum Gasteiger partial charge on any atom is -0.325 e. The summed E-state index contributed by atoms with van der Waals surface area (Å²) in [7, 11) is 2.17. The standard InChI is InChI=1S/C27H29ClN8/c1-19-4-3-5-23(31-19)27-30-11-9-25(34-27)32-24-8-10-29-26(33-24)17-20-6-7-22(28)21(16-20)18-36-14-12-35(2)13-15-36/h3-11,16H,12-15,17-18H2,1-2H3,(H,29,30,32,33,34). The highest BCUT2D eigenvalue weighted by atomic mass is 35.5. The number of nitrogens with zero attached hydrogens (tertiary/aromatic N) is 7. The van der Waals surface area contributed by atoms with Gasteiger partial charge in [-0.15, -0.1) is 0 Å². The lowest BCUT2D eigenvalue weighted by atomic mass is 10.1. The van der Waals surface area contributed by atoms with Gasteiger partial charge in [-0.2, -0.15) is 0 Å². The lowest BCUT2D eigenvalue weighted by Crippen LogP contribution is -2.43. The van der Waals surface area contributed by atoms with Gasteiger partial charge in [-0.1, -0.05) is 29.8 Å². The van der Waals surface area contributed by atoms with E-state index in [1.807, 2.05) is 49.4 Å². The average Bonchev–Trinajstić information content (AvgIpc) is 2.88. The summed E-state index contributed by atoms with van der Waals surface area (Å²) in [5.74, 6) is 2.61. The Morgan fingerprint density at radius 1 is 0.889 bits per heavy atom. The minimum absolute atomic E-state index is 0.562. The predicted molar refractivity (Wildman–Crippen MR) is 142 cm³/mol. The molecule has 4 aromatic rings. The monoisotopic (exact) mass is 500 g/mol. The first kappa shape index (κ1) is 24.2. The van der Waals surface area contributed by atoms with Crippen LogP contribution in [0.25, 0.3) is 11.5 Å². The molecule has 184 valence electrons. The molecule has 1 aromatic carbocycles. The van der Waals surface area contributed by atoms with Crippen LogP contribution in [0.1, 0.15) is 22.6 Å². The maximum atomic E-state index is 6.53. The molecule has 0 amide bonds. The fraction of sp³-hybridized carbons (Fsp3) is 0.296. The number of aromatic nitrogens is 5. The van der Waals surface area contributed by atoms with Crippen LogP contribution in [-0.2, 0) is 13.0 Å². The Morgan fingerprint density at radius 3 is 2.47 bits per heavy atom. The van der Waals surface area contributed by atoms with Gasteiger partial charge in [-0.25, -0.2) is 24.9 Å². The number of anilines is 2. The molecule has 4 heterocycles. The molecule has 1 fully saturated rings. The summed E-state index contributed by atoms with van der Waals surface area (Å²) in [6, 6.07) is 15.6. The Hall–Kier alpha value is -3.46. The Labute approximate surface area is 216 Å². The third-order valence-electron chi connectivity index (χ3n) is 6.20. The molecule has 0 radical (unpaired) electrons.